The van der Waals surface area contributed by atoms with Crippen LogP contribution in [-0.4, -0.2) is 33.2 Å². The van der Waals surface area contributed by atoms with E-state index in [2.05, 4.69) is 11.2 Å². The van der Waals surface area contributed by atoms with E-state index < -0.39 is 6.10 Å². The maximum absolute atomic E-state index is 12.8. The summed E-state index contributed by atoms with van der Waals surface area (Å²) in [6.45, 7) is 2.45. The Hall–Kier alpha value is -2.81. The minimum Gasteiger partial charge on any atom is -0.480 e. The maximum Gasteiger partial charge on any atom is 0.263 e. The van der Waals surface area contributed by atoms with E-state index in [9.17, 15) is 4.79 Å². The zero-order valence-corrected chi connectivity index (χ0v) is 13.8. The highest BCUT2D eigenvalue weighted by atomic mass is 16.5. The van der Waals surface area contributed by atoms with E-state index in [-0.39, 0.29) is 11.9 Å². The Bertz CT molecular complexity index is 777. The number of aromatic nitrogens is 2. The normalized spacial score (nSPS) is 18.2. The second-order valence-corrected chi connectivity index (χ2v) is 6.01. The fourth-order valence-electron chi connectivity index (χ4n) is 3.13. The predicted octanol–water partition coefficient (Wildman–Crippen LogP) is 2.42. The van der Waals surface area contributed by atoms with Gasteiger partial charge in [-0.25, -0.2) is 0 Å². The monoisotopic (exact) mass is 324 g/mol. The Morgan fingerprint density at radius 2 is 2.25 bits per heavy atom. The molecule has 2 aromatic rings. The summed E-state index contributed by atoms with van der Waals surface area (Å²) < 4.78 is 7.51. The molecule has 1 aromatic heterocycles. The topological polar surface area (TPSA) is 71.2 Å². The Labute approximate surface area is 141 Å². The summed E-state index contributed by atoms with van der Waals surface area (Å²) >= 11 is 0. The zero-order valence-electron chi connectivity index (χ0n) is 13.8. The average Bonchev–Trinajstić information content (AvgIpc) is 3.23. The number of carbonyl (C=O) groups is 1. The first-order chi connectivity index (χ1) is 11.6. The largest absolute Gasteiger partial charge is 0.480 e. The van der Waals surface area contributed by atoms with Crippen molar-refractivity contribution in [2.75, 3.05) is 6.54 Å². The highest BCUT2D eigenvalue weighted by Crippen LogP contribution is 2.32. The van der Waals surface area contributed by atoms with Gasteiger partial charge in [0, 0.05) is 25.4 Å². The van der Waals surface area contributed by atoms with Crippen LogP contribution in [0.1, 0.15) is 36.9 Å². The summed E-state index contributed by atoms with van der Waals surface area (Å²) in [6, 6.07) is 9.09. The van der Waals surface area contributed by atoms with Gasteiger partial charge in [-0.1, -0.05) is 12.1 Å². The predicted molar refractivity (Wildman–Crippen MR) is 88.1 cm³/mol. The van der Waals surface area contributed by atoms with Gasteiger partial charge in [0.2, 0.25) is 0 Å². The van der Waals surface area contributed by atoms with Crippen molar-refractivity contribution in [1.29, 1.82) is 5.26 Å². The van der Waals surface area contributed by atoms with E-state index in [0.29, 0.717) is 17.9 Å². The first-order valence-corrected chi connectivity index (χ1v) is 8.05. The highest BCUT2D eigenvalue weighted by Gasteiger charge is 2.34. The van der Waals surface area contributed by atoms with Crippen LogP contribution in [0.25, 0.3) is 0 Å². The van der Waals surface area contributed by atoms with Crippen molar-refractivity contribution in [2.45, 2.75) is 31.9 Å². The number of hydrogen-bond donors (Lipinski definition) is 0. The minimum atomic E-state index is -0.642. The molecule has 6 heteroatoms. The number of aryl methyl sites for hydroxylation is 1. The van der Waals surface area contributed by atoms with Gasteiger partial charge in [-0.3, -0.25) is 9.48 Å². The lowest BCUT2D eigenvalue weighted by atomic mass is 10.1. The number of benzene rings is 1. The molecule has 6 nitrogen and oxygen atoms in total. The highest BCUT2D eigenvalue weighted by molar-refractivity contribution is 5.81. The lowest BCUT2D eigenvalue weighted by molar-refractivity contribution is -0.138. The van der Waals surface area contributed by atoms with Crippen molar-refractivity contribution < 1.29 is 9.53 Å². The number of para-hydroxylation sites is 1. The van der Waals surface area contributed by atoms with Gasteiger partial charge in [-0.15, -0.1) is 0 Å². The summed E-state index contributed by atoms with van der Waals surface area (Å²) in [6.07, 6.45) is 5.02. The van der Waals surface area contributed by atoms with Crippen LogP contribution in [0, 0.1) is 11.3 Å². The molecule has 3 rings (SSSR count). The molecule has 1 fully saturated rings. The van der Waals surface area contributed by atoms with Crippen molar-refractivity contribution in [3.8, 4) is 11.8 Å². The molecular weight excluding hydrogens is 304 g/mol. The molecule has 0 N–H and O–H groups in total. The third-order valence-corrected chi connectivity index (χ3v) is 4.30. The summed E-state index contributed by atoms with van der Waals surface area (Å²) in [4.78, 5) is 14.7. The first-order valence-electron chi connectivity index (χ1n) is 8.05. The molecule has 0 radical (unpaired) electrons. The number of nitriles is 1. The SMILES string of the molecule is C[C@H](Oc1ccccc1C#N)C(=O)N1CCC[C@@H]1c1cnn(C)c1. The van der Waals surface area contributed by atoms with Crippen molar-refractivity contribution >= 4 is 5.91 Å². The maximum atomic E-state index is 12.8. The van der Waals surface area contributed by atoms with E-state index in [4.69, 9.17) is 10.00 Å². The van der Waals surface area contributed by atoms with Crippen LogP contribution in [0.15, 0.2) is 36.7 Å². The van der Waals surface area contributed by atoms with Gasteiger partial charge >= 0.3 is 0 Å². The van der Waals surface area contributed by atoms with Gasteiger partial charge in [-0.2, -0.15) is 10.4 Å². The smallest absolute Gasteiger partial charge is 0.263 e. The summed E-state index contributed by atoms with van der Waals surface area (Å²) in [5.74, 6) is 0.382. The van der Waals surface area contributed by atoms with Gasteiger partial charge < -0.3 is 9.64 Å². The number of likely N-dealkylation sites (tertiary alicyclic amines) is 1. The quantitative estimate of drug-likeness (QED) is 0.866. The van der Waals surface area contributed by atoms with E-state index in [0.717, 1.165) is 18.4 Å². The lowest BCUT2D eigenvalue weighted by Gasteiger charge is -2.27. The molecule has 0 saturated carbocycles. The number of amides is 1. The molecule has 1 amide bonds. The van der Waals surface area contributed by atoms with Crippen LogP contribution in [0.4, 0.5) is 0 Å². The molecule has 0 bridgehead atoms. The second-order valence-electron chi connectivity index (χ2n) is 6.01. The molecule has 0 spiro atoms. The minimum absolute atomic E-state index is 0.0449. The van der Waals surface area contributed by atoms with E-state index in [1.165, 1.54) is 0 Å². The van der Waals surface area contributed by atoms with E-state index in [1.54, 1.807) is 35.9 Å². The zero-order chi connectivity index (χ0) is 17.1. The number of nitrogens with zero attached hydrogens (tertiary/aromatic N) is 4. The van der Waals surface area contributed by atoms with Crippen molar-refractivity contribution in [2.24, 2.45) is 7.05 Å². The lowest BCUT2D eigenvalue weighted by Crippen LogP contribution is -2.40. The van der Waals surface area contributed by atoms with Crippen molar-refractivity contribution in [3.05, 3.63) is 47.8 Å². The van der Waals surface area contributed by atoms with Crippen molar-refractivity contribution in [3.63, 3.8) is 0 Å². The molecular formula is C18H20N4O2. The molecule has 124 valence electrons. The van der Waals surface area contributed by atoms with Crippen LogP contribution in [-0.2, 0) is 11.8 Å². The van der Waals surface area contributed by atoms with Gasteiger partial charge in [0.15, 0.2) is 6.10 Å². The van der Waals surface area contributed by atoms with Crippen molar-refractivity contribution in [1.82, 2.24) is 14.7 Å². The molecule has 1 aliphatic heterocycles. The second kappa shape index (κ2) is 6.75. The first kappa shape index (κ1) is 16.1. The van der Waals surface area contributed by atoms with Gasteiger partial charge in [-0.05, 0) is 31.9 Å². The number of rotatable bonds is 4. The molecule has 24 heavy (non-hydrogen) atoms. The summed E-state index contributed by atoms with van der Waals surface area (Å²) in [5.41, 5.74) is 1.48. The Morgan fingerprint density at radius 1 is 1.46 bits per heavy atom. The molecule has 2 heterocycles. The van der Waals surface area contributed by atoms with Crippen LogP contribution in [0.2, 0.25) is 0 Å². The fraction of sp³-hybridized carbons (Fsp3) is 0.389. The van der Waals surface area contributed by atoms with E-state index >= 15 is 0 Å². The number of hydrogen-bond acceptors (Lipinski definition) is 4. The summed E-state index contributed by atoms with van der Waals surface area (Å²) in [5, 5.41) is 13.3. The molecule has 1 aromatic carbocycles. The van der Waals surface area contributed by atoms with E-state index in [1.807, 2.05) is 24.3 Å². The van der Waals surface area contributed by atoms with Gasteiger partial charge in [0.1, 0.15) is 11.8 Å². The Balaban J connectivity index is 1.74. The Morgan fingerprint density at radius 3 is 2.96 bits per heavy atom. The van der Waals surface area contributed by atoms with Crippen LogP contribution >= 0.6 is 0 Å². The van der Waals surface area contributed by atoms with Crippen LogP contribution in [0.3, 0.4) is 0 Å². The molecule has 0 unspecified atom stereocenters. The molecule has 1 saturated heterocycles. The summed E-state index contributed by atoms with van der Waals surface area (Å²) in [7, 11) is 1.87. The molecule has 2 atom stereocenters. The van der Waals surface area contributed by atoms with Crippen LogP contribution in [0.5, 0.6) is 5.75 Å². The molecule has 0 aliphatic carbocycles. The number of ether oxygens (including phenoxy) is 1. The number of carbonyl (C=O) groups excluding carboxylic acids is 1. The standard InChI is InChI=1S/C18H20N4O2/c1-13(24-17-8-4-3-6-14(17)10-19)18(23)22-9-5-7-16(22)15-11-20-21(2)12-15/h3-4,6,8,11-13,16H,5,7,9H2,1-2H3/t13-,16+/m0/s1. The third-order valence-electron chi connectivity index (χ3n) is 4.30. The van der Waals surface area contributed by atoms with Gasteiger partial charge in [0.05, 0.1) is 17.8 Å². The average molecular weight is 324 g/mol. The van der Waals surface area contributed by atoms with Gasteiger partial charge in [0.25, 0.3) is 5.91 Å². The Kier molecular flexibility index (Phi) is 4.52. The third kappa shape index (κ3) is 3.11. The molecule has 1 aliphatic rings. The fourth-order valence-corrected chi connectivity index (χ4v) is 3.13. The van der Waals surface area contributed by atoms with Crippen LogP contribution < -0.4 is 4.74 Å².